The van der Waals surface area contributed by atoms with E-state index in [-0.39, 0.29) is 5.91 Å². The quantitative estimate of drug-likeness (QED) is 0.428. The number of nitrogens with two attached hydrogens (primary N) is 1. The van der Waals surface area contributed by atoms with Crippen molar-refractivity contribution in [1.82, 2.24) is 20.0 Å². The van der Waals surface area contributed by atoms with E-state index in [9.17, 15) is 4.79 Å². The third kappa shape index (κ3) is 2.23. The number of hydrazine groups is 1. The monoisotopic (exact) mass is 217 g/mol. The molecule has 82 valence electrons. The molecule has 16 heavy (non-hydrogen) atoms. The van der Waals surface area contributed by atoms with E-state index in [0.717, 1.165) is 5.69 Å². The van der Waals surface area contributed by atoms with Gasteiger partial charge in [-0.05, 0) is 12.1 Å². The van der Waals surface area contributed by atoms with Crippen LogP contribution >= 0.6 is 0 Å². The molecular weight excluding hydrogens is 206 g/mol. The lowest BCUT2D eigenvalue weighted by molar-refractivity contribution is 0.0953. The molecule has 2 aromatic rings. The highest BCUT2D eigenvalue weighted by Crippen LogP contribution is 2.02. The Labute approximate surface area is 92.1 Å². The summed E-state index contributed by atoms with van der Waals surface area (Å²) in [6, 6.07) is 3.46. The van der Waals surface area contributed by atoms with Crippen molar-refractivity contribution in [1.29, 1.82) is 0 Å². The van der Waals surface area contributed by atoms with E-state index in [1.807, 2.05) is 10.8 Å². The molecule has 6 nitrogen and oxygen atoms in total. The molecule has 2 heterocycles. The van der Waals surface area contributed by atoms with Gasteiger partial charge in [0.1, 0.15) is 0 Å². The number of hydrogen-bond donors (Lipinski definition) is 2. The number of carbonyl (C=O) groups excluding carboxylic acids is 1. The van der Waals surface area contributed by atoms with Gasteiger partial charge in [0, 0.05) is 18.6 Å². The van der Waals surface area contributed by atoms with Gasteiger partial charge in [0.05, 0.1) is 24.1 Å². The summed E-state index contributed by atoms with van der Waals surface area (Å²) in [5.41, 5.74) is 3.35. The van der Waals surface area contributed by atoms with Gasteiger partial charge in [0.2, 0.25) is 0 Å². The molecule has 0 aliphatic carbocycles. The van der Waals surface area contributed by atoms with Gasteiger partial charge in [-0.25, -0.2) is 10.8 Å². The van der Waals surface area contributed by atoms with Crippen LogP contribution in [-0.4, -0.2) is 20.4 Å². The molecule has 2 rings (SSSR count). The fourth-order valence-electron chi connectivity index (χ4n) is 1.30. The number of pyridine rings is 1. The molecule has 0 saturated carbocycles. The Kier molecular flexibility index (Phi) is 2.93. The SMILES string of the molecule is NNC(=O)c1ccc(Cn2ccnc2)nc1. The fraction of sp³-hybridized carbons (Fsp3) is 0.100. The molecule has 0 radical (unpaired) electrons. The van der Waals surface area contributed by atoms with Gasteiger partial charge in [-0.1, -0.05) is 0 Å². The van der Waals surface area contributed by atoms with Crippen LogP contribution in [0.25, 0.3) is 0 Å². The second kappa shape index (κ2) is 4.54. The van der Waals surface area contributed by atoms with Crippen LogP contribution in [0, 0.1) is 0 Å². The van der Waals surface area contributed by atoms with Crippen LogP contribution in [0.5, 0.6) is 0 Å². The van der Waals surface area contributed by atoms with Gasteiger partial charge in [0.15, 0.2) is 0 Å². The first-order valence-electron chi connectivity index (χ1n) is 4.71. The van der Waals surface area contributed by atoms with Crippen LogP contribution in [0.15, 0.2) is 37.1 Å². The highest BCUT2D eigenvalue weighted by Gasteiger charge is 2.03. The smallest absolute Gasteiger partial charge is 0.266 e. The second-order valence-corrected chi connectivity index (χ2v) is 3.25. The largest absolute Gasteiger partial charge is 0.331 e. The zero-order valence-corrected chi connectivity index (χ0v) is 8.50. The molecule has 0 aromatic carbocycles. The van der Waals surface area contributed by atoms with Gasteiger partial charge in [-0.3, -0.25) is 15.2 Å². The van der Waals surface area contributed by atoms with E-state index in [2.05, 4.69) is 15.4 Å². The lowest BCUT2D eigenvalue weighted by atomic mass is 10.2. The Morgan fingerprint density at radius 3 is 2.94 bits per heavy atom. The third-order valence-corrected chi connectivity index (χ3v) is 2.12. The number of nitrogens with zero attached hydrogens (tertiary/aromatic N) is 3. The number of hydrogen-bond acceptors (Lipinski definition) is 4. The number of nitrogens with one attached hydrogen (secondary N) is 1. The summed E-state index contributed by atoms with van der Waals surface area (Å²) < 4.78 is 1.89. The number of amides is 1. The summed E-state index contributed by atoms with van der Waals surface area (Å²) in [6.07, 6.45) is 6.76. The lowest BCUT2D eigenvalue weighted by Crippen LogP contribution is -2.30. The van der Waals surface area contributed by atoms with Crippen LogP contribution in [-0.2, 0) is 6.54 Å². The summed E-state index contributed by atoms with van der Waals surface area (Å²) >= 11 is 0. The summed E-state index contributed by atoms with van der Waals surface area (Å²) in [6.45, 7) is 0.629. The molecule has 0 fully saturated rings. The third-order valence-electron chi connectivity index (χ3n) is 2.12. The predicted octanol–water partition coefficient (Wildman–Crippen LogP) is -0.0701. The maximum absolute atomic E-state index is 11.2. The van der Waals surface area contributed by atoms with E-state index in [4.69, 9.17) is 5.84 Å². The summed E-state index contributed by atoms with van der Waals surface area (Å²) in [7, 11) is 0. The zero-order valence-electron chi connectivity index (χ0n) is 8.50. The molecule has 1 amide bonds. The molecule has 0 bridgehead atoms. The molecule has 0 spiro atoms. The molecule has 2 aromatic heterocycles. The van der Waals surface area contributed by atoms with Crippen molar-refractivity contribution in [2.24, 2.45) is 5.84 Å². The van der Waals surface area contributed by atoms with Crippen LogP contribution < -0.4 is 11.3 Å². The van der Waals surface area contributed by atoms with E-state index in [1.54, 1.807) is 24.7 Å². The highest BCUT2D eigenvalue weighted by molar-refractivity contribution is 5.93. The lowest BCUT2D eigenvalue weighted by Gasteiger charge is -2.03. The minimum atomic E-state index is -0.346. The normalized spacial score (nSPS) is 10.1. The van der Waals surface area contributed by atoms with Crippen molar-refractivity contribution in [3.05, 3.63) is 48.3 Å². The predicted molar refractivity (Wildman–Crippen MR) is 57.2 cm³/mol. The van der Waals surface area contributed by atoms with Crippen LogP contribution in [0.3, 0.4) is 0 Å². The van der Waals surface area contributed by atoms with Crippen LogP contribution in [0.4, 0.5) is 0 Å². The second-order valence-electron chi connectivity index (χ2n) is 3.25. The van der Waals surface area contributed by atoms with Crippen molar-refractivity contribution >= 4 is 5.91 Å². The van der Waals surface area contributed by atoms with Gasteiger partial charge < -0.3 is 4.57 Å². The van der Waals surface area contributed by atoms with Crippen molar-refractivity contribution in [2.75, 3.05) is 0 Å². The molecule has 6 heteroatoms. The summed E-state index contributed by atoms with van der Waals surface area (Å²) in [5, 5.41) is 0. The number of imidazole rings is 1. The average Bonchev–Trinajstić information content (AvgIpc) is 2.82. The first-order chi connectivity index (χ1) is 7.79. The molecular formula is C10H11N5O. The van der Waals surface area contributed by atoms with Crippen LogP contribution in [0.2, 0.25) is 0 Å². The maximum Gasteiger partial charge on any atom is 0.266 e. The Hall–Kier alpha value is -2.21. The van der Waals surface area contributed by atoms with E-state index < -0.39 is 0 Å². The molecule has 0 atom stereocenters. The Balaban J connectivity index is 2.10. The standard InChI is InChI=1S/C10H11N5O/c11-14-10(16)8-1-2-9(13-5-8)6-15-4-3-12-7-15/h1-5,7H,6,11H2,(H,14,16). The topological polar surface area (TPSA) is 85.8 Å². The number of nitrogen functional groups attached to an aromatic ring is 1. The highest BCUT2D eigenvalue weighted by atomic mass is 16.2. The Bertz CT molecular complexity index is 462. The number of rotatable bonds is 3. The average molecular weight is 217 g/mol. The first-order valence-corrected chi connectivity index (χ1v) is 4.71. The van der Waals surface area contributed by atoms with Crippen LogP contribution in [0.1, 0.15) is 16.1 Å². The van der Waals surface area contributed by atoms with E-state index in [1.165, 1.54) is 6.20 Å². The van der Waals surface area contributed by atoms with Crippen molar-refractivity contribution < 1.29 is 4.79 Å². The minimum absolute atomic E-state index is 0.346. The minimum Gasteiger partial charge on any atom is -0.331 e. The molecule has 0 aliphatic heterocycles. The first kappa shape index (κ1) is 10.3. The van der Waals surface area contributed by atoms with E-state index in [0.29, 0.717) is 12.1 Å². The van der Waals surface area contributed by atoms with Crippen molar-refractivity contribution in [2.45, 2.75) is 6.54 Å². The summed E-state index contributed by atoms with van der Waals surface area (Å²) in [5.74, 6) is 4.67. The van der Waals surface area contributed by atoms with Crippen molar-refractivity contribution in [3.63, 3.8) is 0 Å². The fourth-order valence-corrected chi connectivity index (χ4v) is 1.30. The molecule has 3 N–H and O–H groups in total. The van der Waals surface area contributed by atoms with Gasteiger partial charge >= 0.3 is 0 Å². The maximum atomic E-state index is 11.2. The summed E-state index contributed by atoms with van der Waals surface area (Å²) in [4.78, 5) is 19.2. The molecule has 0 aliphatic rings. The number of carbonyl (C=O) groups is 1. The molecule has 0 unspecified atom stereocenters. The van der Waals surface area contributed by atoms with Crippen molar-refractivity contribution in [3.8, 4) is 0 Å². The van der Waals surface area contributed by atoms with Gasteiger partial charge in [-0.15, -0.1) is 0 Å². The Morgan fingerprint density at radius 1 is 1.50 bits per heavy atom. The van der Waals surface area contributed by atoms with Gasteiger partial charge in [-0.2, -0.15) is 0 Å². The van der Waals surface area contributed by atoms with Gasteiger partial charge in [0.25, 0.3) is 5.91 Å². The Morgan fingerprint density at radius 2 is 2.38 bits per heavy atom. The molecule has 0 saturated heterocycles. The zero-order chi connectivity index (χ0) is 11.4. The van der Waals surface area contributed by atoms with E-state index >= 15 is 0 Å². The number of aromatic nitrogens is 3.